The van der Waals surface area contributed by atoms with Crippen LogP contribution in [0.4, 0.5) is 0 Å². The summed E-state index contributed by atoms with van der Waals surface area (Å²) in [5.41, 5.74) is 1.07. The minimum absolute atomic E-state index is 0.191. The third kappa shape index (κ3) is 16.2. The molecule has 0 aliphatic carbocycles. The van der Waals surface area contributed by atoms with Crippen LogP contribution in [0.2, 0.25) is 0 Å². The molecule has 0 fully saturated rings. The summed E-state index contributed by atoms with van der Waals surface area (Å²) in [6.07, 6.45) is 4.98. The fourth-order valence-corrected chi connectivity index (χ4v) is 4.31. The molecule has 0 aromatic carbocycles. The molecule has 4 nitrogen and oxygen atoms in total. The van der Waals surface area contributed by atoms with Gasteiger partial charge in [-0.1, -0.05) is 54.9 Å². The molecule has 0 heterocycles. The summed E-state index contributed by atoms with van der Waals surface area (Å²) < 4.78 is 0. The lowest BCUT2D eigenvalue weighted by Gasteiger charge is -2.42. The average Bonchev–Trinajstić information content (AvgIpc) is 2.61. The number of nitrogens with one attached hydrogen (secondary N) is 2. The van der Waals surface area contributed by atoms with Gasteiger partial charge in [0.1, 0.15) is 0 Å². The first-order valence-electron chi connectivity index (χ1n) is 13.8. The molecule has 0 atom stereocenters. The van der Waals surface area contributed by atoms with Crippen LogP contribution in [0.15, 0.2) is 0 Å². The minimum atomic E-state index is 0.191. The van der Waals surface area contributed by atoms with E-state index in [1.165, 1.54) is 38.8 Å². The molecule has 33 heavy (non-hydrogen) atoms. The molecule has 0 aliphatic heterocycles. The van der Waals surface area contributed by atoms with E-state index in [4.69, 9.17) is 0 Å². The van der Waals surface area contributed by atoms with E-state index in [1.54, 1.807) is 0 Å². The Kier molecular flexibility index (Phi) is 14.3. The molecule has 0 spiro atoms. The van der Waals surface area contributed by atoms with Gasteiger partial charge >= 0.3 is 0 Å². The normalized spacial score (nSPS) is 14.2. The van der Waals surface area contributed by atoms with Gasteiger partial charge in [-0.15, -0.1) is 0 Å². The zero-order chi connectivity index (χ0) is 25.9. The van der Waals surface area contributed by atoms with Crippen LogP contribution in [-0.4, -0.2) is 72.7 Å². The number of nitrogens with zero attached hydrogens (tertiary/aromatic N) is 2. The van der Waals surface area contributed by atoms with Gasteiger partial charge in [0.25, 0.3) is 0 Å². The predicted molar refractivity (Wildman–Crippen MR) is 150 cm³/mol. The monoisotopic (exact) mass is 469 g/mol. The highest BCUT2D eigenvalue weighted by molar-refractivity contribution is 4.85. The Hall–Kier alpha value is -0.160. The molecule has 0 unspecified atom stereocenters. The smallest absolute Gasteiger partial charge is 0.0125 e. The summed E-state index contributed by atoms with van der Waals surface area (Å²) in [5.74, 6) is 0. The minimum Gasteiger partial charge on any atom is -0.315 e. The second-order valence-electron chi connectivity index (χ2n) is 14.2. The topological polar surface area (TPSA) is 30.5 Å². The third-order valence-corrected chi connectivity index (χ3v) is 6.81. The number of unbranched alkanes of at least 4 members (excludes halogenated alkanes) is 1. The van der Waals surface area contributed by atoms with Crippen molar-refractivity contribution in [2.24, 2.45) is 10.8 Å². The number of hydrogen-bond donors (Lipinski definition) is 2. The lowest BCUT2D eigenvalue weighted by atomic mass is 9.86. The van der Waals surface area contributed by atoms with Crippen LogP contribution in [0, 0.1) is 10.8 Å². The molecule has 0 saturated heterocycles. The molecule has 0 amide bonds. The Morgan fingerprint density at radius 1 is 0.636 bits per heavy atom. The molecule has 2 N–H and O–H groups in total. The quantitative estimate of drug-likeness (QED) is 0.242. The van der Waals surface area contributed by atoms with Gasteiger partial charge in [-0.25, -0.2) is 0 Å². The van der Waals surface area contributed by atoms with E-state index in [-0.39, 0.29) is 11.1 Å². The van der Waals surface area contributed by atoms with Gasteiger partial charge in [0, 0.05) is 43.3 Å². The van der Waals surface area contributed by atoms with E-state index in [2.05, 4.69) is 110 Å². The molecule has 0 saturated carbocycles. The van der Waals surface area contributed by atoms with Crippen molar-refractivity contribution in [3.05, 3.63) is 0 Å². The van der Waals surface area contributed by atoms with Gasteiger partial charge in [0.2, 0.25) is 0 Å². The van der Waals surface area contributed by atoms with Crippen molar-refractivity contribution in [2.45, 2.75) is 133 Å². The highest BCUT2D eigenvalue weighted by Crippen LogP contribution is 2.27. The first kappa shape index (κ1) is 32.8. The van der Waals surface area contributed by atoms with E-state index in [1.807, 2.05) is 0 Å². The SMILES string of the molecule is CCCCN(CC(C)(C)CCNCCN(CC(C)(C)CCNC(C)C)C(C)(C)C)C(C)(C)C. The van der Waals surface area contributed by atoms with Crippen molar-refractivity contribution in [1.29, 1.82) is 0 Å². The fourth-order valence-electron chi connectivity index (χ4n) is 4.31. The summed E-state index contributed by atoms with van der Waals surface area (Å²) in [6, 6.07) is 0.565. The van der Waals surface area contributed by atoms with Crippen LogP contribution < -0.4 is 10.6 Å². The molecule has 200 valence electrons. The maximum atomic E-state index is 3.77. The maximum absolute atomic E-state index is 3.77. The Bertz CT molecular complexity index is 497. The summed E-state index contributed by atoms with van der Waals surface area (Å²) in [4.78, 5) is 5.36. The van der Waals surface area contributed by atoms with Gasteiger partial charge in [-0.05, 0) is 91.3 Å². The van der Waals surface area contributed by atoms with Crippen LogP contribution in [0.3, 0.4) is 0 Å². The fraction of sp³-hybridized carbons (Fsp3) is 1.00. The standard InChI is InChI=1S/C29H64N4/c1-14-15-21-32(26(4,5)6)23-28(10,11)16-18-30-20-22-33(27(7,8)9)24-29(12,13)17-19-31-25(2)3/h25,30-31H,14-24H2,1-13H3. The van der Waals surface area contributed by atoms with Gasteiger partial charge < -0.3 is 10.6 Å². The summed E-state index contributed by atoms with van der Waals surface area (Å²) in [5, 5.41) is 7.36. The molecule has 0 bridgehead atoms. The van der Waals surface area contributed by atoms with Crippen molar-refractivity contribution < 1.29 is 0 Å². The zero-order valence-corrected chi connectivity index (χ0v) is 25.2. The molecule has 0 rings (SSSR count). The Morgan fingerprint density at radius 3 is 1.52 bits per heavy atom. The molecular formula is C29H64N4. The van der Waals surface area contributed by atoms with Crippen LogP contribution in [0.5, 0.6) is 0 Å². The highest BCUT2D eigenvalue weighted by Gasteiger charge is 2.29. The van der Waals surface area contributed by atoms with Crippen LogP contribution >= 0.6 is 0 Å². The van der Waals surface area contributed by atoms with Crippen LogP contribution in [0.25, 0.3) is 0 Å². The lowest BCUT2D eigenvalue weighted by molar-refractivity contribution is 0.0753. The predicted octanol–water partition coefficient (Wildman–Crippen LogP) is 6.41. The van der Waals surface area contributed by atoms with E-state index in [0.29, 0.717) is 16.9 Å². The second kappa shape index (κ2) is 14.4. The summed E-state index contributed by atoms with van der Waals surface area (Å²) in [6.45, 7) is 38.5. The van der Waals surface area contributed by atoms with Crippen molar-refractivity contribution in [3.63, 3.8) is 0 Å². The van der Waals surface area contributed by atoms with Crippen LogP contribution in [-0.2, 0) is 0 Å². The lowest BCUT2D eigenvalue weighted by Crippen LogP contribution is -2.49. The average molecular weight is 469 g/mol. The highest BCUT2D eigenvalue weighted by atomic mass is 15.2. The number of rotatable bonds is 17. The van der Waals surface area contributed by atoms with Crippen molar-refractivity contribution in [1.82, 2.24) is 20.4 Å². The second-order valence-corrected chi connectivity index (χ2v) is 14.2. The van der Waals surface area contributed by atoms with Gasteiger partial charge in [0.15, 0.2) is 0 Å². The van der Waals surface area contributed by atoms with E-state index >= 15 is 0 Å². The van der Waals surface area contributed by atoms with E-state index in [9.17, 15) is 0 Å². The van der Waals surface area contributed by atoms with Crippen molar-refractivity contribution in [3.8, 4) is 0 Å². The Balaban J connectivity index is 4.62. The van der Waals surface area contributed by atoms with E-state index in [0.717, 1.165) is 32.7 Å². The Morgan fingerprint density at radius 2 is 1.09 bits per heavy atom. The third-order valence-electron chi connectivity index (χ3n) is 6.81. The zero-order valence-electron chi connectivity index (χ0n) is 25.2. The van der Waals surface area contributed by atoms with E-state index < -0.39 is 0 Å². The van der Waals surface area contributed by atoms with Crippen LogP contribution in [0.1, 0.15) is 116 Å². The van der Waals surface area contributed by atoms with Gasteiger partial charge in [-0.3, -0.25) is 9.80 Å². The summed E-state index contributed by atoms with van der Waals surface area (Å²) in [7, 11) is 0. The first-order valence-corrected chi connectivity index (χ1v) is 13.8. The number of hydrogen-bond acceptors (Lipinski definition) is 4. The van der Waals surface area contributed by atoms with Crippen molar-refractivity contribution in [2.75, 3.05) is 45.8 Å². The largest absolute Gasteiger partial charge is 0.315 e. The van der Waals surface area contributed by atoms with Gasteiger partial charge in [0.05, 0.1) is 0 Å². The van der Waals surface area contributed by atoms with Crippen molar-refractivity contribution >= 4 is 0 Å². The Labute approximate surface area is 210 Å². The maximum Gasteiger partial charge on any atom is 0.0125 e. The summed E-state index contributed by atoms with van der Waals surface area (Å²) >= 11 is 0. The molecule has 0 radical (unpaired) electrons. The molecular weight excluding hydrogens is 404 g/mol. The molecule has 4 heteroatoms. The molecule has 0 aromatic heterocycles. The molecule has 0 aromatic rings. The first-order chi connectivity index (χ1) is 14.9. The van der Waals surface area contributed by atoms with Gasteiger partial charge in [-0.2, -0.15) is 0 Å². The molecule has 0 aliphatic rings.